The topological polar surface area (TPSA) is 43.4 Å². The number of rotatable bonds is 3. The third-order valence-electron chi connectivity index (χ3n) is 3.55. The summed E-state index contributed by atoms with van der Waals surface area (Å²) in [6, 6.07) is 16.6. The summed E-state index contributed by atoms with van der Waals surface area (Å²) in [6.07, 6.45) is 1.20. The third kappa shape index (κ3) is 2.82. The lowest BCUT2D eigenvalue weighted by atomic mass is 9.97. The average Bonchev–Trinajstić information content (AvgIpc) is 2.89. The zero-order chi connectivity index (χ0) is 15.7. The van der Waals surface area contributed by atoms with Crippen LogP contribution in [0.1, 0.15) is 11.1 Å². The Morgan fingerprint density at radius 1 is 0.955 bits per heavy atom. The van der Waals surface area contributed by atoms with Gasteiger partial charge in [0.15, 0.2) is 14.9 Å². The quantitative estimate of drug-likeness (QED) is 0.810. The molecule has 0 amide bonds. The lowest BCUT2D eigenvalue weighted by Gasteiger charge is -2.06. The Kier molecular flexibility index (Phi) is 3.85. The summed E-state index contributed by atoms with van der Waals surface area (Å²) < 4.78 is 28.6. The summed E-state index contributed by atoms with van der Waals surface area (Å²) in [4.78, 5) is 0.305. The van der Waals surface area contributed by atoms with Gasteiger partial charge in [-0.15, -0.1) is 0 Å². The van der Waals surface area contributed by atoms with Crippen LogP contribution in [0.5, 0.6) is 0 Å². The normalized spacial score (nSPS) is 15.0. The van der Waals surface area contributed by atoms with Gasteiger partial charge in [0, 0.05) is 17.4 Å². The van der Waals surface area contributed by atoms with E-state index in [1.165, 1.54) is 6.26 Å². The first-order chi connectivity index (χ1) is 10.5. The molecule has 0 saturated carbocycles. The highest BCUT2D eigenvalue weighted by Gasteiger charge is 2.24. The van der Waals surface area contributed by atoms with E-state index in [4.69, 9.17) is 17.0 Å². The van der Waals surface area contributed by atoms with Crippen LogP contribution in [-0.2, 0) is 14.6 Å². The molecule has 1 aliphatic heterocycles. The monoisotopic (exact) mass is 330 g/mol. The number of hydrogen-bond acceptors (Lipinski definition) is 4. The standard InChI is InChI=1S/C17H14O3S2/c1-22(18,19)14-9-7-12(8-10-14)15-11-20-17(21)16(15)13-5-3-2-4-6-13/h2-10H,11H2,1H3. The predicted molar refractivity (Wildman–Crippen MR) is 91.4 cm³/mol. The van der Waals surface area contributed by atoms with E-state index in [0.29, 0.717) is 16.6 Å². The average molecular weight is 330 g/mol. The van der Waals surface area contributed by atoms with E-state index in [-0.39, 0.29) is 0 Å². The molecule has 0 aliphatic carbocycles. The van der Waals surface area contributed by atoms with Crippen molar-refractivity contribution in [3.8, 4) is 0 Å². The van der Waals surface area contributed by atoms with Crippen LogP contribution in [0.4, 0.5) is 0 Å². The molecular formula is C17H14O3S2. The summed E-state index contributed by atoms with van der Waals surface area (Å²) in [6.45, 7) is 0.404. The molecular weight excluding hydrogens is 316 g/mol. The van der Waals surface area contributed by atoms with Crippen molar-refractivity contribution in [1.82, 2.24) is 0 Å². The van der Waals surface area contributed by atoms with E-state index in [2.05, 4.69) is 0 Å². The fourth-order valence-electron chi connectivity index (χ4n) is 2.43. The van der Waals surface area contributed by atoms with E-state index in [9.17, 15) is 8.42 Å². The van der Waals surface area contributed by atoms with Crippen molar-refractivity contribution in [2.45, 2.75) is 4.90 Å². The second-order valence-electron chi connectivity index (χ2n) is 5.09. The van der Waals surface area contributed by atoms with Crippen LogP contribution in [-0.4, -0.2) is 26.3 Å². The first-order valence-corrected chi connectivity index (χ1v) is 9.03. The Bertz CT molecular complexity index is 849. The SMILES string of the molecule is CS(=O)(=O)c1ccc(C2=C(c3ccccc3)C(=S)OC2)cc1. The summed E-state index contributed by atoms with van der Waals surface area (Å²) >= 11 is 5.31. The molecule has 112 valence electrons. The molecule has 0 N–H and O–H groups in total. The highest BCUT2D eigenvalue weighted by Crippen LogP contribution is 2.33. The third-order valence-corrected chi connectivity index (χ3v) is 5.00. The molecule has 0 saturated heterocycles. The molecule has 1 aliphatic rings. The Labute approximate surface area is 135 Å². The number of ether oxygens (including phenoxy) is 1. The van der Waals surface area contributed by atoms with Gasteiger partial charge in [0.05, 0.1) is 4.90 Å². The number of hydrogen-bond donors (Lipinski definition) is 0. The molecule has 0 spiro atoms. The smallest absolute Gasteiger partial charge is 0.192 e. The minimum absolute atomic E-state index is 0.305. The molecule has 0 fully saturated rings. The van der Waals surface area contributed by atoms with Crippen LogP contribution in [0.3, 0.4) is 0 Å². The minimum atomic E-state index is -3.19. The molecule has 3 rings (SSSR count). The van der Waals surface area contributed by atoms with E-state index >= 15 is 0 Å². The van der Waals surface area contributed by atoms with E-state index in [1.807, 2.05) is 30.3 Å². The van der Waals surface area contributed by atoms with Crippen molar-refractivity contribution in [3.05, 3.63) is 65.7 Å². The van der Waals surface area contributed by atoms with Crippen molar-refractivity contribution in [2.75, 3.05) is 12.9 Å². The fourth-order valence-corrected chi connectivity index (χ4v) is 3.36. The maximum atomic E-state index is 11.5. The highest BCUT2D eigenvalue weighted by molar-refractivity contribution is 7.90. The summed E-state index contributed by atoms with van der Waals surface area (Å²) in [5, 5.41) is 0.480. The second-order valence-corrected chi connectivity index (χ2v) is 7.48. The van der Waals surface area contributed by atoms with Crippen molar-refractivity contribution >= 4 is 38.3 Å². The second kappa shape index (κ2) is 5.66. The van der Waals surface area contributed by atoms with Gasteiger partial charge >= 0.3 is 0 Å². The number of sulfone groups is 1. The van der Waals surface area contributed by atoms with Crippen molar-refractivity contribution in [3.63, 3.8) is 0 Å². The molecule has 0 bridgehead atoms. The van der Waals surface area contributed by atoms with Gasteiger partial charge in [-0.05, 0) is 35.5 Å². The lowest BCUT2D eigenvalue weighted by molar-refractivity contribution is 0.382. The molecule has 0 unspecified atom stereocenters. The zero-order valence-electron chi connectivity index (χ0n) is 11.9. The Balaban J connectivity index is 2.09. The Hall–Kier alpha value is -1.98. The molecule has 5 heteroatoms. The maximum Gasteiger partial charge on any atom is 0.192 e. The first-order valence-electron chi connectivity index (χ1n) is 6.73. The molecule has 3 nitrogen and oxygen atoms in total. The number of benzene rings is 2. The van der Waals surface area contributed by atoms with Crippen molar-refractivity contribution in [1.29, 1.82) is 0 Å². The summed E-state index contributed by atoms with van der Waals surface area (Å²) in [7, 11) is -3.19. The van der Waals surface area contributed by atoms with Crippen LogP contribution < -0.4 is 0 Å². The summed E-state index contributed by atoms with van der Waals surface area (Å²) in [5.74, 6) is 0. The van der Waals surface area contributed by atoms with Gasteiger partial charge in [-0.25, -0.2) is 8.42 Å². The molecule has 0 radical (unpaired) electrons. The largest absolute Gasteiger partial charge is 0.478 e. The van der Waals surface area contributed by atoms with Gasteiger partial charge in [-0.3, -0.25) is 0 Å². The fraction of sp³-hybridized carbons (Fsp3) is 0.118. The van der Waals surface area contributed by atoms with Crippen molar-refractivity contribution in [2.24, 2.45) is 0 Å². The van der Waals surface area contributed by atoms with Gasteiger partial charge < -0.3 is 4.74 Å². The van der Waals surface area contributed by atoms with Gasteiger partial charge in [-0.1, -0.05) is 42.5 Å². The number of thiocarbonyl (C=S) groups is 1. The summed E-state index contributed by atoms with van der Waals surface area (Å²) in [5.41, 5.74) is 3.82. The molecule has 1 heterocycles. The maximum absolute atomic E-state index is 11.5. The van der Waals surface area contributed by atoms with Crippen LogP contribution in [0.2, 0.25) is 0 Å². The molecule has 2 aromatic carbocycles. The Morgan fingerprint density at radius 2 is 1.59 bits per heavy atom. The van der Waals surface area contributed by atoms with E-state index in [0.717, 1.165) is 22.3 Å². The Morgan fingerprint density at radius 3 is 2.18 bits per heavy atom. The highest BCUT2D eigenvalue weighted by atomic mass is 32.2. The van der Waals surface area contributed by atoms with E-state index < -0.39 is 9.84 Å². The van der Waals surface area contributed by atoms with Gasteiger partial charge in [0.25, 0.3) is 0 Å². The van der Waals surface area contributed by atoms with Crippen LogP contribution in [0, 0.1) is 0 Å². The van der Waals surface area contributed by atoms with Gasteiger partial charge in [0.1, 0.15) is 6.61 Å². The van der Waals surface area contributed by atoms with Crippen molar-refractivity contribution < 1.29 is 13.2 Å². The molecule has 0 atom stereocenters. The molecule has 2 aromatic rings. The zero-order valence-corrected chi connectivity index (χ0v) is 13.6. The molecule has 0 aromatic heterocycles. The predicted octanol–water partition coefficient (Wildman–Crippen LogP) is 3.36. The van der Waals surface area contributed by atoms with Crippen LogP contribution >= 0.6 is 12.2 Å². The van der Waals surface area contributed by atoms with Gasteiger partial charge in [-0.2, -0.15) is 0 Å². The van der Waals surface area contributed by atoms with Gasteiger partial charge in [0.2, 0.25) is 0 Å². The van der Waals surface area contributed by atoms with Crippen LogP contribution in [0.15, 0.2) is 59.5 Å². The molecule has 22 heavy (non-hydrogen) atoms. The van der Waals surface area contributed by atoms with E-state index in [1.54, 1.807) is 24.3 Å². The first kappa shape index (κ1) is 14.9. The van der Waals surface area contributed by atoms with Crippen LogP contribution in [0.25, 0.3) is 11.1 Å². The minimum Gasteiger partial charge on any atom is -0.478 e. The lowest BCUT2D eigenvalue weighted by Crippen LogP contribution is -1.97.